The predicted molar refractivity (Wildman–Crippen MR) is 89.2 cm³/mol. The molecule has 0 fully saturated rings. The lowest BCUT2D eigenvalue weighted by Crippen LogP contribution is -2.00. The Morgan fingerprint density at radius 1 is 1.00 bits per heavy atom. The summed E-state index contributed by atoms with van der Waals surface area (Å²) < 4.78 is 3.04. The van der Waals surface area contributed by atoms with E-state index in [4.69, 9.17) is 0 Å². The fraction of sp³-hybridized carbons (Fsp3) is 0.118. The highest BCUT2D eigenvalue weighted by Crippen LogP contribution is 2.16. The highest BCUT2D eigenvalue weighted by Gasteiger charge is 2.00. The van der Waals surface area contributed by atoms with E-state index in [9.17, 15) is 0 Å². The fourth-order valence-electron chi connectivity index (χ4n) is 2.16. The summed E-state index contributed by atoms with van der Waals surface area (Å²) in [5.41, 5.74) is 3.53. The normalized spacial score (nSPS) is 10.5. The highest BCUT2D eigenvalue weighted by molar-refractivity contribution is 9.10. The molecule has 0 aliphatic heterocycles. The molecule has 0 unspecified atom stereocenters. The minimum atomic E-state index is 0.769. The van der Waals surface area contributed by atoms with Crippen LogP contribution in [0.5, 0.6) is 0 Å². The highest BCUT2D eigenvalue weighted by atomic mass is 79.9. The van der Waals surface area contributed by atoms with Crippen LogP contribution >= 0.6 is 15.9 Å². The van der Waals surface area contributed by atoms with Crippen molar-refractivity contribution in [1.82, 2.24) is 9.78 Å². The second-order valence-electron chi connectivity index (χ2n) is 4.90. The average molecular weight is 342 g/mol. The van der Waals surface area contributed by atoms with Crippen molar-refractivity contribution < 1.29 is 0 Å². The van der Waals surface area contributed by atoms with Crippen molar-refractivity contribution in [2.45, 2.75) is 13.1 Å². The van der Waals surface area contributed by atoms with Crippen LogP contribution in [0.15, 0.2) is 71.5 Å². The number of rotatable bonds is 5. The van der Waals surface area contributed by atoms with E-state index in [-0.39, 0.29) is 0 Å². The van der Waals surface area contributed by atoms with Crippen LogP contribution in [0.4, 0.5) is 5.69 Å². The monoisotopic (exact) mass is 341 g/mol. The second-order valence-corrected chi connectivity index (χ2v) is 5.81. The largest absolute Gasteiger partial charge is 0.381 e. The van der Waals surface area contributed by atoms with Crippen molar-refractivity contribution in [2.75, 3.05) is 5.32 Å². The summed E-state index contributed by atoms with van der Waals surface area (Å²) in [6.07, 6.45) is 3.99. The maximum absolute atomic E-state index is 4.41. The molecule has 0 radical (unpaired) electrons. The van der Waals surface area contributed by atoms with Crippen LogP contribution in [0, 0.1) is 0 Å². The number of nitrogens with zero attached hydrogens (tertiary/aromatic N) is 2. The molecule has 1 heterocycles. The zero-order valence-corrected chi connectivity index (χ0v) is 13.1. The van der Waals surface area contributed by atoms with E-state index in [0.717, 1.165) is 23.2 Å². The molecule has 0 bridgehead atoms. The second kappa shape index (κ2) is 6.59. The lowest BCUT2D eigenvalue weighted by Gasteiger charge is -2.05. The van der Waals surface area contributed by atoms with Crippen LogP contribution in [-0.2, 0) is 13.1 Å². The minimum Gasteiger partial charge on any atom is -0.381 e. The van der Waals surface area contributed by atoms with Crippen LogP contribution in [0.25, 0.3) is 0 Å². The number of anilines is 1. The van der Waals surface area contributed by atoms with Gasteiger partial charge in [-0.05, 0) is 23.8 Å². The topological polar surface area (TPSA) is 29.9 Å². The molecular formula is C17H16BrN3. The fourth-order valence-corrected chi connectivity index (χ4v) is 2.56. The molecule has 0 saturated carbocycles. The van der Waals surface area contributed by atoms with Gasteiger partial charge in [0.05, 0.1) is 12.7 Å². The molecule has 1 aromatic heterocycles. The van der Waals surface area contributed by atoms with Gasteiger partial charge in [0.25, 0.3) is 0 Å². The molecule has 3 rings (SSSR count). The minimum absolute atomic E-state index is 0.769. The number of nitrogens with one attached hydrogen (secondary N) is 1. The standard InChI is InChI=1S/C17H16BrN3/c18-16-7-4-8-17(9-16)19-10-15-11-20-21(13-15)12-14-5-2-1-3-6-14/h1-9,11,13,19H,10,12H2. The first-order chi connectivity index (χ1) is 10.3. The summed E-state index contributed by atoms with van der Waals surface area (Å²) in [6, 6.07) is 18.5. The van der Waals surface area contributed by atoms with Gasteiger partial charge in [0.15, 0.2) is 0 Å². The first-order valence-corrected chi connectivity index (χ1v) is 7.63. The van der Waals surface area contributed by atoms with Gasteiger partial charge in [-0.3, -0.25) is 4.68 Å². The van der Waals surface area contributed by atoms with Gasteiger partial charge in [-0.2, -0.15) is 5.10 Å². The molecule has 0 amide bonds. The Morgan fingerprint density at radius 3 is 2.67 bits per heavy atom. The molecule has 3 nitrogen and oxygen atoms in total. The van der Waals surface area contributed by atoms with E-state index < -0.39 is 0 Å². The summed E-state index contributed by atoms with van der Waals surface area (Å²) in [4.78, 5) is 0. The van der Waals surface area contributed by atoms with E-state index in [1.807, 2.05) is 29.1 Å². The zero-order chi connectivity index (χ0) is 14.5. The van der Waals surface area contributed by atoms with Crippen LogP contribution in [0.2, 0.25) is 0 Å². The molecule has 0 spiro atoms. The molecule has 2 aromatic carbocycles. The Hall–Kier alpha value is -2.07. The molecule has 4 heteroatoms. The maximum atomic E-state index is 4.41. The summed E-state index contributed by atoms with van der Waals surface area (Å²) in [5, 5.41) is 7.80. The van der Waals surface area contributed by atoms with E-state index in [2.05, 4.69) is 68.9 Å². The summed E-state index contributed by atoms with van der Waals surface area (Å²) in [6.45, 7) is 1.57. The van der Waals surface area contributed by atoms with Crippen molar-refractivity contribution >= 4 is 21.6 Å². The number of aromatic nitrogens is 2. The molecule has 0 saturated heterocycles. The Balaban J connectivity index is 1.60. The van der Waals surface area contributed by atoms with Crippen molar-refractivity contribution in [3.8, 4) is 0 Å². The van der Waals surface area contributed by atoms with Gasteiger partial charge >= 0.3 is 0 Å². The van der Waals surface area contributed by atoms with Gasteiger partial charge in [0.1, 0.15) is 0 Å². The molecule has 21 heavy (non-hydrogen) atoms. The van der Waals surface area contributed by atoms with E-state index >= 15 is 0 Å². The van der Waals surface area contributed by atoms with Crippen molar-refractivity contribution in [2.24, 2.45) is 0 Å². The smallest absolute Gasteiger partial charge is 0.0659 e. The Labute approximate surface area is 132 Å². The maximum Gasteiger partial charge on any atom is 0.0659 e. The van der Waals surface area contributed by atoms with E-state index in [1.54, 1.807) is 0 Å². The third-order valence-electron chi connectivity index (χ3n) is 3.20. The van der Waals surface area contributed by atoms with E-state index in [1.165, 1.54) is 11.1 Å². The van der Waals surface area contributed by atoms with Crippen molar-refractivity contribution in [1.29, 1.82) is 0 Å². The predicted octanol–water partition coefficient (Wildman–Crippen LogP) is 4.31. The molecule has 0 aliphatic rings. The quantitative estimate of drug-likeness (QED) is 0.749. The average Bonchev–Trinajstić information content (AvgIpc) is 2.94. The molecule has 0 atom stereocenters. The van der Waals surface area contributed by atoms with Gasteiger partial charge in [-0.25, -0.2) is 0 Å². The summed E-state index contributed by atoms with van der Waals surface area (Å²) in [7, 11) is 0. The van der Waals surface area contributed by atoms with Crippen LogP contribution in [0.1, 0.15) is 11.1 Å². The van der Waals surface area contributed by atoms with Gasteiger partial charge in [-0.15, -0.1) is 0 Å². The van der Waals surface area contributed by atoms with Crippen molar-refractivity contribution in [3.63, 3.8) is 0 Å². The first-order valence-electron chi connectivity index (χ1n) is 6.84. The van der Waals surface area contributed by atoms with E-state index in [0.29, 0.717) is 0 Å². The Morgan fingerprint density at radius 2 is 1.86 bits per heavy atom. The Bertz CT molecular complexity index is 707. The van der Waals surface area contributed by atoms with Gasteiger partial charge in [0.2, 0.25) is 0 Å². The third-order valence-corrected chi connectivity index (χ3v) is 3.69. The third kappa shape index (κ3) is 3.95. The zero-order valence-electron chi connectivity index (χ0n) is 11.5. The number of benzene rings is 2. The number of halogens is 1. The summed E-state index contributed by atoms with van der Waals surface area (Å²) >= 11 is 3.47. The van der Waals surface area contributed by atoms with Gasteiger partial charge in [0, 0.05) is 28.5 Å². The lowest BCUT2D eigenvalue weighted by atomic mass is 10.2. The number of hydrogen-bond acceptors (Lipinski definition) is 2. The molecule has 1 N–H and O–H groups in total. The lowest BCUT2D eigenvalue weighted by molar-refractivity contribution is 0.686. The molecular weight excluding hydrogens is 326 g/mol. The van der Waals surface area contributed by atoms with Gasteiger partial charge < -0.3 is 5.32 Å². The van der Waals surface area contributed by atoms with Crippen LogP contribution in [0.3, 0.4) is 0 Å². The Kier molecular flexibility index (Phi) is 4.36. The van der Waals surface area contributed by atoms with Crippen LogP contribution < -0.4 is 5.32 Å². The molecule has 0 aliphatic carbocycles. The molecule has 106 valence electrons. The van der Waals surface area contributed by atoms with Crippen molar-refractivity contribution in [3.05, 3.63) is 82.6 Å². The number of hydrogen-bond donors (Lipinski definition) is 1. The SMILES string of the molecule is Brc1cccc(NCc2cnn(Cc3ccccc3)c2)c1. The first kappa shape index (κ1) is 13.9. The van der Waals surface area contributed by atoms with Crippen LogP contribution in [-0.4, -0.2) is 9.78 Å². The summed E-state index contributed by atoms with van der Waals surface area (Å²) in [5.74, 6) is 0. The van der Waals surface area contributed by atoms with Gasteiger partial charge in [-0.1, -0.05) is 52.3 Å². The molecule has 3 aromatic rings.